The molecule has 41 heavy (non-hydrogen) atoms. The van der Waals surface area contributed by atoms with E-state index in [9.17, 15) is 42.1 Å². The Bertz CT molecular complexity index is 1460. The molecule has 1 heterocycles. The maximum atomic E-state index is 13.8. The molecule has 2 aliphatic carbocycles. The third-order valence-electron chi connectivity index (χ3n) is 8.47. The van der Waals surface area contributed by atoms with E-state index in [2.05, 4.69) is 5.32 Å². The largest absolute Gasteiger partial charge is 0.448 e. The van der Waals surface area contributed by atoms with Crippen molar-refractivity contribution in [1.29, 1.82) is 0 Å². The van der Waals surface area contributed by atoms with E-state index in [1.807, 2.05) is 0 Å². The molecule has 0 spiro atoms. The first-order valence-electron chi connectivity index (χ1n) is 13.1. The first kappa shape index (κ1) is 29.6. The van der Waals surface area contributed by atoms with Gasteiger partial charge in [0, 0.05) is 17.3 Å². The fourth-order valence-corrected chi connectivity index (χ4v) is 8.73. The number of halogens is 3. The number of carbonyl (C=O) groups is 2. The molecule has 2 amide bonds. The molecular formula is C27H29ClF2N2O8S. The van der Waals surface area contributed by atoms with E-state index in [1.54, 1.807) is 0 Å². The van der Waals surface area contributed by atoms with Gasteiger partial charge in [0.25, 0.3) is 5.91 Å². The molecule has 1 saturated heterocycles. The average molecular weight is 615 g/mol. The van der Waals surface area contributed by atoms with Crippen molar-refractivity contribution >= 4 is 39.1 Å². The van der Waals surface area contributed by atoms with Crippen LogP contribution in [0.3, 0.4) is 0 Å². The standard InChI is InChI=1S/C27H29ClF2N2O8S/c28-19-5-1-14(25(35)31-17-4-6-20(29)21(30)12-17)9-23(19)41(38,39)18-10-15-2-3-16(11-18)27(15,37)24(34)22(33)13-32-7-8-40-26(32)36/h1,4-6,9,12,15-16,18,22,24,33-34,37H,2-3,7-8,10-11,13H2,(H,31,35). The number of rotatable bonds is 8. The molecule has 3 aliphatic rings. The number of nitrogens with one attached hydrogen (secondary N) is 1. The second-order valence-corrected chi connectivity index (χ2v) is 13.4. The minimum atomic E-state index is -4.13. The van der Waals surface area contributed by atoms with Gasteiger partial charge in [-0.3, -0.25) is 4.79 Å². The van der Waals surface area contributed by atoms with Gasteiger partial charge in [-0.2, -0.15) is 0 Å². The number of aliphatic hydroxyl groups is 3. The van der Waals surface area contributed by atoms with Gasteiger partial charge < -0.3 is 30.3 Å². The summed E-state index contributed by atoms with van der Waals surface area (Å²) in [7, 11) is -4.13. The number of benzene rings is 2. The number of carbonyl (C=O) groups excluding carboxylic acids is 2. The number of fused-ring (bicyclic) bond motifs is 2. The number of ether oxygens (including phenoxy) is 1. The average Bonchev–Trinajstić information content (AvgIpc) is 3.37. The van der Waals surface area contributed by atoms with Crippen LogP contribution in [0.5, 0.6) is 0 Å². The van der Waals surface area contributed by atoms with Crippen molar-refractivity contribution in [1.82, 2.24) is 4.90 Å². The van der Waals surface area contributed by atoms with Crippen molar-refractivity contribution in [3.05, 3.63) is 58.6 Å². The van der Waals surface area contributed by atoms with E-state index in [4.69, 9.17) is 16.3 Å². The van der Waals surface area contributed by atoms with Crippen LogP contribution in [-0.2, 0) is 14.6 Å². The first-order valence-corrected chi connectivity index (χ1v) is 15.0. The topological polar surface area (TPSA) is 153 Å². The third-order valence-corrected chi connectivity index (χ3v) is 11.1. The van der Waals surface area contributed by atoms with Crippen LogP contribution in [-0.4, -0.2) is 83.4 Å². The molecule has 2 bridgehead atoms. The number of nitrogens with zero attached hydrogens (tertiary/aromatic N) is 1. The lowest BCUT2D eigenvalue weighted by atomic mass is 9.70. The molecule has 0 aromatic heterocycles. The van der Waals surface area contributed by atoms with Gasteiger partial charge in [-0.25, -0.2) is 22.0 Å². The molecule has 2 saturated carbocycles. The molecule has 4 unspecified atom stereocenters. The number of hydrogen-bond donors (Lipinski definition) is 4. The van der Waals surface area contributed by atoms with E-state index >= 15 is 0 Å². The Balaban J connectivity index is 1.33. The van der Waals surface area contributed by atoms with E-state index < -0.39 is 68.4 Å². The summed E-state index contributed by atoms with van der Waals surface area (Å²) in [6.45, 7) is 0.165. The van der Waals surface area contributed by atoms with Crippen LogP contribution in [0.4, 0.5) is 19.3 Å². The van der Waals surface area contributed by atoms with Gasteiger partial charge in [0.15, 0.2) is 21.5 Å². The summed E-state index contributed by atoms with van der Waals surface area (Å²) in [4.78, 5) is 25.5. The molecule has 4 atom stereocenters. The summed E-state index contributed by atoms with van der Waals surface area (Å²) in [5.41, 5.74) is -1.86. The minimum Gasteiger partial charge on any atom is -0.448 e. The zero-order valence-electron chi connectivity index (χ0n) is 21.7. The number of amides is 2. The smallest absolute Gasteiger partial charge is 0.410 e. The van der Waals surface area contributed by atoms with Crippen molar-refractivity contribution in [2.75, 3.05) is 25.0 Å². The van der Waals surface area contributed by atoms with Crippen LogP contribution in [0.15, 0.2) is 41.3 Å². The van der Waals surface area contributed by atoms with Gasteiger partial charge in [0.2, 0.25) is 0 Å². The molecule has 5 rings (SSSR count). The maximum absolute atomic E-state index is 13.8. The predicted molar refractivity (Wildman–Crippen MR) is 142 cm³/mol. The fraction of sp³-hybridized carbons (Fsp3) is 0.481. The summed E-state index contributed by atoms with van der Waals surface area (Å²) in [5.74, 6) is -4.33. The number of aliphatic hydroxyl groups excluding tert-OH is 2. The lowest BCUT2D eigenvalue weighted by molar-refractivity contribution is -0.177. The Kier molecular flexibility index (Phi) is 8.03. The monoisotopic (exact) mass is 614 g/mol. The van der Waals surface area contributed by atoms with Crippen LogP contribution >= 0.6 is 11.6 Å². The van der Waals surface area contributed by atoms with Gasteiger partial charge in [0.05, 0.1) is 33.9 Å². The number of anilines is 1. The Hall–Kier alpha value is -2.84. The van der Waals surface area contributed by atoms with Gasteiger partial charge >= 0.3 is 6.09 Å². The second-order valence-electron chi connectivity index (χ2n) is 10.8. The fourth-order valence-electron chi connectivity index (χ4n) is 6.32. The van der Waals surface area contributed by atoms with E-state index in [0.717, 1.165) is 24.3 Å². The molecular weight excluding hydrogens is 586 g/mol. The van der Waals surface area contributed by atoms with Crippen molar-refractivity contribution in [3.63, 3.8) is 0 Å². The van der Waals surface area contributed by atoms with Crippen molar-refractivity contribution in [2.24, 2.45) is 11.8 Å². The highest BCUT2D eigenvalue weighted by Gasteiger charge is 2.60. The summed E-state index contributed by atoms with van der Waals surface area (Å²) in [6, 6.07) is 6.47. The molecule has 0 radical (unpaired) electrons. The first-order chi connectivity index (χ1) is 19.3. The Labute approximate surface area is 239 Å². The highest BCUT2D eigenvalue weighted by atomic mass is 35.5. The molecule has 14 heteroatoms. The van der Waals surface area contributed by atoms with E-state index in [1.165, 1.54) is 17.0 Å². The molecule has 4 N–H and O–H groups in total. The zero-order chi connectivity index (χ0) is 29.7. The number of cyclic esters (lactones) is 1. The summed E-state index contributed by atoms with van der Waals surface area (Å²) >= 11 is 6.27. The number of sulfone groups is 1. The number of β-amino-alcohol motifs (C(OH)–C–C–N with tert-alkyl or cyclic N) is 1. The quantitative estimate of drug-likeness (QED) is 0.354. The van der Waals surface area contributed by atoms with Crippen LogP contribution in [0, 0.1) is 23.5 Å². The van der Waals surface area contributed by atoms with E-state index in [-0.39, 0.29) is 53.7 Å². The van der Waals surface area contributed by atoms with Crippen molar-refractivity contribution in [3.8, 4) is 0 Å². The minimum absolute atomic E-state index is 0.0214. The normalized spacial score (nSPS) is 27.4. The molecule has 2 aromatic carbocycles. The predicted octanol–water partition coefficient (Wildman–Crippen LogP) is 2.74. The highest BCUT2D eigenvalue weighted by molar-refractivity contribution is 7.92. The summed E-state index contributed by atoms with van der Waals surface area (Å²) in [5, 5.41) is 34.5. The van der Waals surface area contributed by atoms with Gasteiger partial charge in [-0.15, -0.1) is 0 Å². The molecule has 1 aliphatic heterocycles. The molecule has 222 valence electrons. The summed E-state index contributed by atoms with van der Waals surface area (Å²) in [6.07, 6.45) is -2.91. The van der Waals surface area contributed by atoms with E-state index in [0.29, 0.717) is 12.8 Å². The molecule has 10 nitrogen and oxygen atoms in total. The maximum Gasteiger partial charge on any atom is 0.410 e. The van der Waals surface area contributed by atoms with Gasteiger partial charge in [-0.1, -0.05) is 11.6 Å². The van der Waals surface area contributed by atoms with Crippen molar-refractivity contribution in [2.45, 2.75) is 53.6 Å². The van der Waals surface area contributed by atoms with Crippen LogP contribution < -0.4 is 5.32 Å². The van der Waals surface area contributed by atoms with Crippen LogP contribution in [0.25, 0.3) is 0 Å². The lowest BCUT2D eigenvalue weighted by Gasteiger charge is -2.46. The Morgan fingerprint density at radius 2 is 1.80 bits per heavy atom. The van der Waals surface area contributed by atoms with Crippen LogP contribution in [0.1, 0.15) is 36.0 Å². The molecule has 3 fully saturated rings. The summed E-state index contributed by atoms with van der Waals surface area (Å²) < 4.78 is 59.1. The van der Waals surface area contributed by atoms with Crippen LogP contribution in [0.2, 0.25) is 5.02 Å². The Morgan fingerprint density at radius 1 is 1.12 bits per heavy atom. The zero-order valence-corrected chi connectivity index (χ0v) is 23.2. The third kappa shape index (κ3) is 5.41. The highest BCUT2D eigenvalue weighted by Crippen LogP contribution is 2.54. The van der Waals surface area contributed by atoms with Gasteiger partial charge in [0.1, 0.15) is 18.8 Å². The molecule has 2 aromatic rings. The second kappa shape index (κ2) is 11.1. The van der Waals surface area contributed by atoms with Crippen molar-refractivity contribution < 1.29 is 46.8 Å². The SMILES string of the molecule is O=C(Nc1ccc(F)c(F)c1)c1ccc(Cl)c(S(=O)(=O)C2CC3CCC(C2)C3(O)C(O)C(O)CN2CCOC2=O)c1. The Morgan fingerprint density at radius 3 is 2.41 bits per heavy atom. The number of hydrogen-bond acceptors (Lipinski definition) is 8. The van der Waals surface area contributed by atoms with Gasteiger partial charge in [-0.05, 0) is 67.9 Å². The lowest BCUT2D eigenvalue weighted by Crippen LogP contribution is -2.60.